The monoisotopic (exact) mass is 418 g/mol. The molecule has 0 radical (unpaired) electrons. The molecule has 31 heavy (non-hydrogen) atoms. The van der Waals surface area contributed by atoms with Crippen molar-refractivity contribution in [2.75, 3.05) is 25.1 Å². The van der Waals surface area contributed by atoms with Gasteiger partial charge in [-0.3, -0.25) is 4.79 Å². The summed E-state index contributed by atoms with van der Waals surface area (Å²) in [5.74, 6) is 2.48. The van der Waals surface area contributed by atoms with Crippen molar-refractivity contribution in [3.63, 3.8) is 0 Å². The maximum Gasteiger partial charge on any atom is 0.263 e. The van der Waals surface area contributed by atoms with Gasteiger partial charge >= 0.3 is 0 Å². The minimum atomic E-state index is -0.150. The van der Waals surface area contributed by atoms with Crippen LogP contribution in [0.15, 0.2) is 60.9 Å². The number of aromatic nitrogens is 2. The average Bonchev–Trinajstić information content (AvgIpc) is 2.84. The third-order valence-electron chi connectivity index (χ3n) is 5.22. The zero-order valence-corrected chi connectivity index (χ0v) is 17.6. The van der Waals surface area contributed by atoms with Crippen LogP contribution in [0, 0.1) is 0 Å². The molecule has 3 aromatic rings. The van der Waals surface area contributed by atoms with Crippen LogP contribution in [-0.4, -0.2) is 36.1 Å². The zero-order chi connectivity index (χ0) is 21.5. The standard InChI is InChI=1S/C24H26N4O3/c1-30-21-7-5-6-18(16-21)17-27-23(29)19-8-10-20(11-9-19)31-24-22(25-12-13-26-24)28-14-3-2-4-15-28/h5-13,16H,2-4,14-15,17H2,1H3,(H,27,29). The Morgan fingerprint density at radius 3 is 2.55 bits per heavy atom. The van der Waals surface area contributed by atoms with E-state index in [1.165, 1.54) is 6.42 Å². The van der Waals surface area contributed by atoms with E-state index < -0.39 is 0 Å². The number of nitrogens with one attached hydrogen (secondary N) is 1. The summed E-state index contributed by atoms with van der Waals surface area (Å²) in [5, 5.41) is 2.92. The maximum atomic E-state index is 12.5. The molecule has 160 valence electrons. The summed E-state index contributed by atoms with van der Waals surface area (Å²) in [6, 6.07) is 14.7. The Morgan fingerprint density at radius 1 is 1.00 bits per heavy atom. The summed E-state index contributed by atoms with van der Waals surface area (Å²) in [6.45, 7) is 2.34. The second-order valence-corrected chi connectivity index (χ2v) is 7.39. The summed E-state index contributed by atoms with van der Waals surface area (Å²) < 4.78 is 11.2. The molecule has 0 bridgehead atoms. The summed E-state index contributed by atoms with van der Waals surface area (Å²) in [5.41, 5.74) is 1.53. The summed E-state index contributed by atoms with van der Waals surface area (Å²) in [7, 11) is 1.62. The lowest BCUT2D eigenvalue weighted by Crippen LogP contribution is -2.30. The van der Waals surface area contributed by atoms with Crippen molar-refractivity contribution in [3.8, 4) is 17.4 Å². The second kappa shape index (κ2) is 9.93. The normalized spacial score (nSPS) is 13.5. The first-order valence-corrected chi connectivity index (χ1v) is 10.5. The molecule has 1 saturated heterocycles. The first kappa shape index (κ1) is 20.7. The predicted molar refractivity (Wildman–Crippen MR) is 119 cm³/mol. The van der Waals surface area contributed by atoms with E-state index in [1.807, 2.05) is 24.3 Å². The van der Waals surface area contributed by atoms with Crippen LogP contribution in [0.2, 0.25) is 0 Å². The molecule has 0 aliphatic carbocycles. The van der Waals surface area contributed by atoms with Crippen LogP contribution in [-0.2, 0) is 6.54 Å². The quantitative estimate of drug-likeness (QED) is 0.620. The largest absolute Gasteiger partial charge is 0.497 e. The van der Waals surface area contributed by atoms with Gasteiger partial charge in [0.05, 0.1) is 7.11 Å². The van der Waals surface area contributed by atoms with Gasteiger partial charge in [-0.15, -0.1) is 0 Å². The Labute approximate surface area is 182 Å². The SMILES string of the molecule is COc1cccc(CNC(=O)c2ccc(Oc3nccnc3N3CCCCC3)cc2)c1. The fourth-order valence-electron chi connectivity index (χ4n) is 3.57. The van der Waals surface area contributed by atoms with E-state index in [9.17, 15) is 4.79 Å². The lowest BCUT2D eigenvalue weighted by Gasteiger charge is -2.28. The van der Waals surface area contributed by atoms with E-state index in [2.05, 4.69) is 20.2 Å². The van der Waals surface area contributed by atoms with Crippen LogP contribution in [0.1, 0.15) is 35.2 Å². The number of piperidine rings is 1. The summed E-state index contributed by atoms with van der Waals surface area (Å²) in [6.07, 6.45) is 6.86. The number of hydrogen-bond donors (Lipinski definition) is 1. The molecule has 1 aliphatic heterocycles. The molecule has 1 amide bonds. The molecule has 4 rings (SSSR count). The van der Waals surface area contributed by atoms with Gasteiger partial charge in [-0.25, -0.2) is 9.97 Å². The Bertz CT molecular complexity index is 1020. The lowest BCUT2D eigenvalue weighted by atomic mass is 10.1. The van der Waals surface area contributed by atoms with Gasteiger partial charge < -0.3 is 19.7 Å². The van der Waals surface area contributed by atoms with Gasteiger partial charge in [-0.2, -0.15) is 0 Å². The van der Waals surface area contributed by atoms with E-state index in [4.69, 9.17) is 9.47 Å². The van der Waals surface area contributed by atoms with Crippen molar-refractivity contribution >= 4 is 11.7 Å². The van der Waals surface area contributed by atoms with Crippen molar-refractivity contribution < 1.29 is 14.3 Å². The van der Waals surface area contributed by atoms with Crippen molar-refractivity contribution in [2.24, 2.45) is 0 Å². The highest BCUT2D eigenvalue weighted by atomic mass is 16.5. The van der Waals surface area contributed by atoms with Gasteiger partial charge in [0.25, 0.3) is 11.8 Å². The van der Waals surface area contributed by atoms with Crippen molar-refractivity contribution in [1.82, 2.24) is 15.3 Å². The fourth-order valence-corrected chi connectivity index (χ4v) is 3.57. The van der Waals surface area contributed by atoms with Crippen LogP contribution in [0.4, 0.5) is 5.82 Å². The number of hydrogen-bond acceptors (Lipinski definition) is 6. The minimum Gasteiger partial charge on any atom is -0.497 e. The van der Waals surface area contributed by atoms with E-state index in [-0.39, 0.29) is 5.91 Å². The average molecular weight is 418 g/mol. The molecule has 0 spiro atoms. The van der Waals surface area contributed by atoms with Crippen LogP contribution >= 0.6 is 0 Å². The van der Waals surface area contributed by atoms with Crippen molar-refractivity contribution in [2.45, 2.75) is 25.8 Å². The Kier molecular flexibility index (Phi) is 6.62. The third kappa shape index (κ3) is 5.31. The summed E-state index contributed by atoms with van der Waals surface area (Å²) in [4.78, 5) is 23.5. The molecule has 0 unspecified atom stereocenters. The van der Waals surface area contributed by atoms with Crippen molar-refractivity contribution in [3.05, 3.63) is 72.1 Å². The molecular weight excluding hydrogens is 392 g/mol. The predicted octanol–water partition coefficient (Wildman–Crippen LogP) is 4.20. The Morgan fingerprint density at radius 2 is 1.77 bits per heavy atom. The smallest absolute Gasteiger partial charge is 0.263 e. The van der Waals surface area contributed by atoms with Crippen LogP contribution < -0.4 is 19.7 Å². The molecule has 1 fully saturated rings. The van der Waals surface area contributed by atoms with Gasteiger partial charge in [-0.1, -0.05) is 12.1 Å². The fraction of sp³-hybridized carbons (Fsp3) is 0.292. The van der Waals surface area contributed by atoms with Gasteiger partial charge in [0.15, 0.2) is 5.82 Å². The Hall–Kier alpha value is -3.61. The van der Waals surface area contributed by atoms with Gasteiger partial charge in [-0.05, 0) is 61.2 Å². The van der Waals surface area contributed by atoms with E-state index in [0.717, 1.165) is 43.1 Å². The first-order chi connectivity index (χ1) is 15.2. The van der Waals surface area contributed by atoms with Crippen molar-refractivity contribution in [1.29, 1.82) is 0 Å². The molecule has 1 aliphatic rings. The molecule has 7 nitrogen and oxygen atoms in total. The third-order valence-corrected chi connectivity index (χ3v) is 5.22. The van der Waals surface area contributed by atoms with E-state index in [1.54, 1.807) is 43.8 Å². The van der Waals surface area contributed by atoms with E-state index >= 15 is 0 Å². The number of methoxy groups -OCH3 is 1. The number of rotatable bonds is 7. The molecule has 2 heterocycles. The number of carbonyl (C=O) groups is 1. The van der Waals surface area contributed by atoms with Crippen LogP contribution in [0.3, 0.4) is 0 Å². The number of ether oxygens (including phenoxy) is 2. The molecule has 2 aromatic carbocycles. The molecule has 0 atom stereocenters. The van der Waals surface area contributed by atoms with Crippen LogP contribution in [0.5, 0.6) is 17.4 Å². The highest BCUT2D eigenvalue weighted by molar-refractivity contribution is 5.94. The maximum absolute atomic E-state index is 12.5. The Balaban J connectivity index is 1.39. The molecular formula is C24H26N4O3. The zero-order valence-electron chi connectivity index (χ0n) is 17.6. The molecule has 7 heteroatoms. The number of amides is 1. The highest BCUT2D eigenvalue weighted by Crippen LogP contribution is 2.29. The number of carbonyl (C=O) groups excluding carboxylic acids is 1. The number of anilines is 1. The minimum absolute atomic E-state index is 0.150. The summed E-state index contributed by atoms with van der Waals surface area (Å²) >= 11 is 0. The molecule has 1 aromatic heterocycles. The molecule has 1 N–H and O–H groups in total. The highest BCUT2D eigenvalue weighted by Gasteiger charge is 2.18. The first-order valence-electron chi connectivity index (χ1n) is 10.5. The van der Waals surface area contributed by atoms with E-state index in [0.29, 0.717) is 23.7 Å². The second-order valence-electron chi connectivity index (χ2n) is 7.39. The lowest BCUT2D eigenvalue weighted by molar-refractivity contribution is 0.0951. The topological polar surface area (TPSA) is 76.6 Å². The van der Waals surface area contributed by atoms with Gasteiger partial charge in [0.1, 0.15) is 11.5 Å². The molecule has 0 saturated carbocycles. The number of benzene rings is 2. The van der Waals surface area contributed by atoms with Crippen LogP contribution in [0.25, 0.3) is 0 Å². The number of nitrogens with zero attached hydrogens (tertiary/aromatic N) is 3. The van der Waals surface area contributed by atoms with Gasteiger partial charge in [0, 0.05) is 37.6 Å². The van der Waals surface area contributed by atoms with Gasteiger partial charge in [0.2, 0.25) is 0 Å².